The summed E-state index contributed by atoms with van der Waals surface area (Å²) < 4.78 is 2.11. The molecule has 0 spiro atoms. The summed E-state index contributed by atoms with van der Waals surface area (Å²) >= 11 is 0. The average molecular weight is 272 g/mol. The van der Waals surface area contributed by atoms with Crippen molar-refractivity contribution in [2.75, 3.05) is 13.1 Å². The van der Waals surface area contributed by atoms with Crippen molar-refractivity contribution in [2.24, 2.45) is 5.73 Å². The van der Waals surface area contributed by atoms with Crippen LogP contribution in [0, 0.1) is 0 Å². The van der Waals surface area contributed by atoms with E-state index in [4.69, 9.17) is 10.8 Å². The summed E-state index contributed by atoms with van der Waals surface area (Å²) in [5, 5.41) is 6.11. The van der Waals surface area contributed by atoms with Crippen LogP contribution in [0.2, 0.25) is 0 Å². The highest BCUT2D eigenvalue weighted by molar-refractivity contribution is 5.81. The molecule has 0 atom stereocenters. The van der Waals surface area contributed by atoms with Crippen molar-refractivity contribution in [3.63, 3.8) is 0 Å². The van der Waals surface area contributed by atoms with Crippen molar-refractivity contribution in [1.29, 1.82) is 0 Å². The molecule has 4 nitrogen and oxygen atoms in total. The Kier molecular flexibility index (Phi) is 4.03. The van der Waals surface area contributed by atoms with Gasteiger partial charge in [0.05, 0.1) is 11.2 Å². The van der Waals surface area contributed by atoms with Crippen LogP contribution >= 0.6 is 0 Å². The predicted octanol–water partition coefficient (Wildman–Crippen LogP) is 2.37. The standard InChI is InChI=1S/C16H24N4/c1-2-20-16-7-4-3-6-14(16)15(18-20)12-19(11-5-10-17)13-8-9-13/h3-4,6-7,13H,2,5,8-12,17H2,1H3. The molecule has 3 rings (SSSR count). The van der Waals surface area contributed by atoms with Gasteiger partial charge >= 0.3 is 0 Å². The monoisotopic (exact) mass is 272 g/mol. The zero-order valence-corrected chi connectivity index (χ0v) is 12.3. The minimum absolute atomic E-state index is 0.757. The molecule has 0 aliphatic heterocycles. The Balaban J connectivity index is 1.85. The number of rotatable bonds is 7. The van der Waals surface area contributed by atoms with Gasteiger partial charge in [-0.1, -0.05) is 18.2 Å². The number of fused-ring (bicyclic) bond motifs is 1. The Labute approximate surface area is 120 Å². The molecule has 108 valence electrons. The zero-order valence-electron chi connectivity index (χ0n) is 12.3. The lowest BCUT2D eigenvalue weighted by Gasteiger charge is -2.20. The maximum atomic E-state index is 5.66. The van der Waals surface area contributed by atoms with Crippen molar-refractivity contribution in [2.45, 2.75) is 45.3 Å². The lowest BCUT2D eigenvalue weighted by Crippen LogP contribution is -2.28. The van der Waals surface area contributed by atoms with E-state index in [0.29, 0.717) is 0 Å². The van der Waals surface area contributed by atoms with Gasteiger partial charge in [-0.15, -0.1) is 0 Å². The summed E-state index contributed by atoms with van der Waals surface area (Å²) in [6, 6.07) is 9.31. The van der Waals surface area contributed by atoms with Crippen LogP contribution in [0.3, 0.4) is 0 Å². The summed E-state index contributed by atoms with van der Waals surface area (Å²) in [5.74, 6) is 0. The third-order valence-electron chi connectivity index (χ3n) is 4.10. The molecule has 0 bridgehead atoms. The first-order valence-electron chi connectivity index (χ1n) is 7.72. The van der Waals surface area contributed by atoms with E-state index in [2.05, 4.69) is 40.8 Å². The van der Waals surface area contributed by atoms with Gasteiger partial charge in [0, 0.05) is 31.1 Å². The quantitative estimate of drug-likeness (QED) is 0.841. The first kappa shape index (κ1) is 13.6. The van der Waals surface area contributed by atoms with Gasteiger partial charge < -0.3 is 5.73 Å². The molecule has 2 N–H and O–H groups in total. The summed E-state index contributed by atoms with van der Waals surface area (Å²) in [6.07, 6.45) is 3.73. The normalized spacial score (nSPS) is 15.3. The van der Waals surface area contributed by atoms with Crippen molar-refractivity contribution in [1.82, 2.24) is 14.7 Å². The smallest absolute Gasteiger partial charge is 0.0843 e. The summed E-state index contributed by atoms with van der Waals surface area (Å²) in [4.78, 5) is 2.56. The Morgan fingerprint density at radius 3 is 2.85 bits per heavy atom. The molecule has 1 aliphatic carbocycles. The van der Waals surface area contributed by atoms with Gasteiger partial charge in [0.15, 0.2) is 0 Å². The summed E-state index contributed by atoms with van der Waals surface area (Å²) in [7, 11) is 0. The molecule has 0 amide bonds. The van der Waals surface area contributed by atoms with Gasteiger partial charge in [-0.2, -0.15) is 5.10 Å². The molecular formula is C16H24N4. The Bertz CT molecular complexity index is 571. The van der Waals surface area contributed by atoms with Gasteiger partial charge in [-0.05, 0) is 38.8 Å². The van der Waals surface area contributed by atoms with Crippen LogP contribution in [0.25, 0.3) is 10.9 Å². The van der Waals surface area contributed by atoms with E-state index in [1.807, 2.05) is 0 Å². The number of aromatic nitrogens is 2. The fourth-order valence-corrected chi connectivity index (χ4v) is 2.87. The average Bonchev–Trinajstić information content (AvgIpc) is 3.26. The highest BCUT2D eigenvalue weighted by atomic mass is 15.3. The Morgan fingerprint density at radius 1 is 1.35 bits per heavy atom. The van der Waals surface area contributed by atoms with Gasteiger partial charge in [-0.25, -0.2) is 0 Å². The molecule has 1 fully saturated rings. The number of aryl methyl sites for hydroxylation is 1. The van der Waals surface area contributed by atoms with Crippen LogP contribution in [0.15, 0.2) is 24.3 Å². The molecule has 0 unspecified atom stereocenters. The van der Waals surface area contributed by atoms with E-state index >= 15 is 0 Å². The van der Waals surface area contributed by atoms with E-state index < -0.39 is 0 Å². The second-order valence-electron chi connectivity index (χ2n) is 5.62. The lowest BCUT2D eigenvalue weighted by atomic mass is 10.2. The first-order chi connectivity index (χ1) is 9.83. The maximum absolute atomic E-state index is 5.66. The van der Waals surface area contributed by atoms with Gasteiger partial charge in [0.2, 0.25) is 0 Å². The van der Waals surface area contributed by atoms with Crippen LogP contribution in [0.4, 0.5) is 0 Å². The highest BCUT2D eigenvalue weighted by Gasteiger charge is 2.29. The van der Waals surface area contributed by atoms with Crippen LogP contribution in [0.5, 0.6) is 0 Å². The Morgan fingerprint density at radius 2 is 2.15 bits per heavy atom. The van der Waals surface area contributed by atoms with Crippen molar-refractivity contribution < 1.29 is 0 Å². The van der Waals surface area contributed by atoms with Crippen molar-refractivity contribution in [3.8, 4) is 0 Å². The fraction of sp³-hybridized carbons (Fsp3) is 0.562. The molecule has 2 aromatic rings. The lowest BCUT2D eigenvalue weighted by molar-refractivity contribution is 0.250. The molecule has 0 saturated heterocycles. The summed E-state index contributed by atoms with van der Waals surface area (Å²) in [6.45, 7) is 5.89. The molecule has 1 saturated carbocycles. The van der Waals surface area contributed by atoms with E-state index in [1.54, 1.807) is 0 Å². The second kappa shape index (κ2) is 5.94. The molecule has 0 radical (unpaired) electrons. The van der Waals surface area contributed by atoms with Crippen LogP contribution in [-0.4, -0.2) is 33.8 Å². The molecular weight excluding hydrogens is 248 g/mol. The molecule has 1 aromatic heterocycles. The molecule has 4 heteroatoms. The zero-order chi connectivity index (χ0) is 13.9. The fourth-order valence-electron chi connectivity index (χ4n) is 2.87. The number of benzene rings is 1. The third kappa shape index (κ3) is 2.72. The summed E-state index contributed by atoms with van der Waals surface area (Å²) in [5.41, 5.74) is 8.12. The van der Waals surface area contributed by atoms with E-state index in [1.165, 1.54) is 29.4 Å². The molecule has 1 heterocycles. The number of para-hydroxylation sites is 1. The third-order valence-corrected chi connectivity index (χ3v) is 4.10. The minimum atomic E-state index is 0.757. The molecule has 20 heavy (non-hydrogen) atoms. The maximum Gasteiger partial charge on any atom is 0.0843 e. The largest absolute Gasteiger partial charge is 0.330 e. The second-order valence-corrected chi connectivity index (χ2v) is 5.62. The SMILES string of the molecule is CCn1nc(CN(CCCN)C2CC2)c2ccccc21. The van der Waals surface area contributed by atoms with Crippen molar-refractivity contribution >= 4 is 10.9 Å². The van der Waals surface area contributed by atoms with Crippen LogP contribution in [0.1, 0.15) is 31.9 Å². The van der Waals surface area contributed by atoms with E-state index in [-0.39, 0.29) is 0 Å². The minimum Gasteiger partial charge on any atom is -0.330 e. The van der Waals surface area contributed by atoms with Crippen LogP contribution < -0.4 is 5.73 Å². The van der Waals surface area contributed by atoms with Crippen molar-refractivity contribution in [3.05, 3.63) is 30.0 Å². The van der Waals surface area contributed by atoms with Gasteiger partial charge in [0.25, 0.3) is 0 Å². The Hall–Kier alpha value is -1.39. The number of hydrogen-bond acceptors (Lipinski definition) is 3. The number of hydrogen-bond donors (Lipinski definition) is 1. The van der Waals surface area contributed by atoms with Gasteiger partial charge in [0.1, 0.15) is 0 Å². The first-order valence-corrected chi connectivity index (χ1v) is 7.72. The van der Waals surface area contributed by atoms with Gasteiger partial charge in [-0.3, -0.25) is 9.58 Å². The van der Waals surface area contributed by atoms with E-state index in [9.17, 15) is 0 Å². The topological polar surface area (TPSA) is 47.1 Å². The van der Waals surface area contributed by atoms with Crippen LogP contribution in [-0.2, 0) is 13.1 Å². The predicted molar refractivity (Wildman–Crippen MR) is 82.5 cm³/mol. The molecule has 1 aromatic carbocycles. The highest BCUT2D eigenvalue weighted by Crippen LogP contribution is 2.29. The molecule has 1 aliphatic rings. The number of nitrogens with zero attached hydrogens (tertiary/aromatic N) is 3. The van der Waals surface area contributed by atoms with E-state index in [0.717, 1.165) is 38.6 Å². The number of nitrogens with two attached hydrogens (primary N) is 1.